The van der Waals surface area contributed by atoms with Gasteiger partial charge in [0.2, 0.25) is 0 Å². The van der Waals surface area contributed by atoms with E-state index in [0.717, 1.165) is 16.4 Å². The van der Waals surface area contributed by atoms with Crippen LogP contribution in [0.25, 0.3) is 0 Å². The molecule has 0 saturated heterocycles. The molecule has 0 radical (unpaired) electrons. The van der Waals surface area contributed by atoms with Crippen molar-refractivity contribution in [2.45, 2.75) is 9.79 Å². The maximum absolute atomic E-state index is 5.00. The standard InChI is InChI=1S/C8H10OS.C7H8OS/c1-9-7-3-5-8(10-2)6-4-7;1-8-6-2-4-7(9)5-3-6/h3-6H,1-2H3;2-5,9H,1H3/i2+1;. The van der Waals surface area contributed by atoms with Crippen molar-refractivity contribution in [3.05, 3.63) is 48.5 Å². The fourth-order valence-corrected chi connectivity index (χ4v) is 1.85. The van der Waals surface area contributed by atoms with E-state index in [1.165, 1.54) is 4.90 Å². The largest absolute Gasteiger partial charge is 0.497 e. The molecule has 0 aliphatic heterocycles. The molecule has 0 atom stereocenters. The average molecular weight is 295 g/mol. The molecule has 2 aromatic rings. The fraction of sp³-hybridized carbons (Fsp3) is 0.200. The molecule has 0 saturated carbocycles. The Labute approximate surface area is 124 Å². The summed E-state index contributed by atoms with van der Waals surface area (Å²) in [5, 5.41) is 0. The van der Waals surface area contributed by atoms with Gasteiger partial charge in [0.05, 0.1) is 14.2 Å². The molecule has 102 valence electrons. The SMILES string of the molecule is COc1ccc(S)cc1.COc1ccc(S[13CH3])cc1. The van der Waals surface area contributed by atoms with Gasteiger partial charge in [-0.2, -0.15) is 0 Å². The van der Waals surface area contributed by atoms with Gasteiger partial charge in [-0.3, -0.25) is 0 Å². The molecule has 0 fully saturated rings. The fourth-order valence-electron chi connectivity index (χ4n) is 1.29. The van der Waals surface area contributed by atoms with E-state index in [4.69, 9.17) is 9.47 Å². The molecular formula is C15H18O2S2. The summed E-state index contributed by atoms with van der Waals surface area (Å²) in [6.45, 7) is 0. The van der Waals surface area contributed by atoms with Gasteiger partial charge in [0.1, 0.15) is 11.5 Å². The van der Waals surface area contributed by atoms with E-state index in [1.54, 1.807) is 26.0 Å². The third-order valence-corrected chi connectivity index (χ3v) is 3.41. The van der Waals surface area contributed by atoms with Crippen LogP contribution in [0.2, 0.25) is 0 Å². The summed E-state index contributed by atoms with van der Waals surface area (Å²) in [5.41, 5.74) is 0. The monoisotopic (exact) mass is 295 g/mol. The Kier molecular flexibility index (Phi) is 7.30. The van der Waals surface area contributed by atoms with Crippen LogP contribution in [0.15, 0.2) is 58.3 Å². The van der Waals surface area contributed by atoms with Crippen molar-refractivity contribution in [2.24, 2.45) is 0 Å². The van der Waals surface area contributed by atoms with Crippen LogP contribution in [-0.4, -0.2) is 20.5 Å². The van der Waals surface area contributed by atoms with Crippen LogP contribution in [0.1, 0.15) is 0 Å². The molecule has 2 nitrogen and oxygen atoms in total. The summed E-state index contributed by atoms with van der Waals surface area (Å²) in [5.74, 6) is 1.78. The predicted octanol–water partition coefficient (Wildman–Crippen LogP) is 4.40. The molecule has 19 heavy (non-hydrogen) atoms. The highest BCUT2D eigenvalue weighted by Crippen LogP contribution is 2.18. The molecule has 2 aromatic carbocycles. The van der Waals surface area contributed by atoms with Crippen LogP contribution >= 0.6 is 24.4 Å². The molecule has 0 aliphatic rings. The molecule has 4 heteroatoms. The highest BCUT2D eigenvalue weighted by atomic mass is 32.2. The van der Waals surface area contributed by atoms with Crippen LogP contribution in [0, 0.1) is 0 Å². The molecule has 0 bridgehead atoms. The number of hydrogen-bond donors (Lipinski definition) is 1. The normalized spacial score (nSPS) is 9.26. The van der Waals surface area contributed by atoms with E-state index >= 15 is 0 Å². The van der Waals surface area contributed by atoms with E-state index in [1.807, 2.05) is 48.5 Å². The van der Waals surface area contributed by atoms with Crippen molar-refractivity contribution in [1.29, 1.82) is 0 Å². The van der Waals surface area contributed by atoms with Crippen LogP contribution in [0.4, 0.5) is 0 Å². The first-order chi connectivity index (χ1) is 9.19. The lowest BCUT2D eigenvalue weighted by Gasteiger charge is -1.98. The molecular weight excluding hydrogens is 277 g/mol. The van der Waals surface area contributed by atoms with Gasteiger partial charge in [-0.15, -0.1) is 24.4 Å². The molecule has 0 N–H and O–H groups in total. The molecule has 0 unspecified atom stereocenters. The molecule has 0 aromatic heterocycles. The van der Waals surface area contributed by atoms with Gasteiger partial charge in [-0.25, -0.2) is 0 Å². The molecule has 0 spiro atoms. The van der Waals surface area contributed by atoms with Crippen molar-refractivity contribution >= 4 is 24.4 Å². The Balaban J connectivity index is 0.000000191. The molecule has 0 aliphatic carbocycles. The maximum atomic E-state index is 5.00. The van der Waals surface area contributed by atoms with Gasteiger partial charge in [-0.1, -0.05) is 0 Å². The van der Waals surface area contributed by atoms with Gasteiger partial charge < -0.3 is 9.47 Å². The lowest BCUT2D eigenvalue weighted by molar-refractivity contribution is 0.414. The van der Waals surface area contributed by atoms with Crippen LogP contribution in [0.5, 0.6) is 11.5 Å². The van der Waals surface area contributed by atoms with Crippen molar-refractivity contribution in [3.63, 3.8) is 0 Å². The summed E-state index contributed by atoms with van der Waals surface area (Å²) in [4.78, 5) is 2.22. The minimum Gasteiger partial charge on any atom is -0.497 e. The van der Waals surface area contributed by atoms with Crippen LogP contribution < -0.4 is 9.47 Å². The second-order valence-corrected chi connectivity index (χ2v) is 4.97. The average Bonchev–Trinajstić information content (AvgIpc) is 2.49. The van der Waals surface area contributed by atoms with Crippen molar-refractivity contribution < 1.29 is 9.47 Å². The van der Waals surface area contributed by atoms with Gasteiger partial charge in [0.15, 0.2) is 0 Å². The summed E-state index contributed by atoms with van der Waals surface area (Å²) < 4.78 is 9.94. The first-order valence-electron chi connectivity index (χ1n) is 5.70. The smallest absolute Gasteiger partial charge is 0.118 e. The Hall–Kier alpha value is -1.26. The summed E-state index contributed by atoms with van der Waals surface area (Å²) in [7, 11) is 3.32. The number of benzene rings is 2. The zero-order chi connectivity index (χ0) is 14.1. The maximum Gasteiger partial charge on any atom is 0.118 e. The second kappa shape index (κ2) is 8.77. The first kappa shape index (κ1) is 15.8. The molecule has 2 rings (SSSR count). The Morgan fingerprint density at radius 1 is 0.789 bits per heavy atom. The second-order valence-electron chi connectivity index (χ2n) is 3.58. The number of thiol groups is 1. The highest BCUT2D eigenvalue weighted by Gasteiger charge is 1.89. The summed E-state index contributed by atoms with van der Waals surface area (Å²) >= 11 is 5.85. The molecule has 0 heterocycles. The quantitative estimate of drug-likeness (QED) is 0.514. The molecule has 0 amide bonds. The number of ether oxygens (including phenoxy) is 2. The highest BCUT2D eigenvalue weighted by molar-refractivity contribution is 7.98. The zero-order valence-corrected chi connectivity index (χ0v) is 13.0. The van der Waals surface area contributed by atoms with Crippen molar-refractivity contribution in [1.82, 2.24) is 0 Å². The van der Waals surface area contributed by atoms with Crippen LogP contribution in [-0.2, 0) is 0 Å². The van der Waals surface area contributed by atoms with Gasteiger partial charge in [0.25, 0.3) is 0 Å². The third kappa shape index (κ3) is 5.94. The number of methoxy groups -OCH3 is 2. The van der Waals surface area contributed by atoms with Crippen molar-refractivity contribution in [3.8, 4) is 11.5 Å². The van der Waals surface area contributed by atoms with Gasteiger partial charge in [-0.05, 0) is 54.8 Å². The van der Waals surface area contributed by atoms with Crippen LogP contribution in [0.3, 0.4) is 0 Å². The zero-order valence-electron chi connectivity index (χ0n) is 11.3. The van der Waals surface area contributed by atoms with E-state index in [9.17, 15) is 0 Å². The lowest BCUT2D eigenvalue weighted by atomic mass is 10.3. The van der Waals surface area contributed by atoms with Gasteiger partial charge in [0, 0.05) is 9.79 Å². The minimum absolute atomic E-state index is 0.868. The summed E-state index contributed by atoms with van der Waals surface area (Å²) in [6, 6.07) is 15.6. The van der Waals surface area contributed by atoms with Gasteiger partial charge >= 0.3 is 0 Å². The van der Waals surface area contributed by atoms with E-state index in [2.05, 4.69) is 18.9 Å². The Morgan fingerprint density at radius 2 is 1.21 bits per heavy atom. The predicted molar refractivity (Wildman–Crippen MR) is 85.0 cm³/mol. The first-order valence-corrected chi connectivity index (χ1v) is 7.38. The Morgan fingerprint density at radius 3 is 1.58 bits per heavy atom. The lowest BCUT2D eigenvalue weighted by Crippen LogP contribution is -1.80. The third-order valence-electron chi connectivity index (χ3n) is 2.37. The van der Waals surface area contributed by atoms with E-state index in [0.29, 0.717) is 0 Å². The van der Waals surface area contributed by atoms with E-state index in [-0.39, 0.29) is 0 Å². The minimum atomic E-state index is 0.868. The van der Waals surface area contributed by atoms with Crippen molar-refractivity contribution in [2.75, 3.05) is 20.5 Å². The Bertz CT molecular complexity index is 444. The number of rotatable bonds is 3. The topological polar surface area (TPSA) is 18.5 Å². The number of hydrogen-bond acceptors (Lipinski definition) is 4. The van der Waals surface area contributed by atoms with E-state index < -0.39 is 0 Å². The number of thioether (sulfide) groups is 1. The summed E-state index contributed by atoms with van der Waals surface area (Å²) in [6.07, 6.45) is 2.06.